The Morgan fingerprint density at radius 2 is 2.00 bits per heavy atom. The zero-order valence-electron chi connectivity index (χ0n) is 16.8. The van der Waals surface area contributed by atoms with Crippen molar-refractivity contribution in [1.29, 1.82) is 0 Å². The summed E-state index contributed by atoms with van der Waals surface area (Å²) in [7, 11) is 0. The van der Waals surface area contributed by atoms with Crippen LogP contribution in [0, 0.1) is 24.5 Å². The van der Waals surface area contributed by atoms with Gasteiger partial charge in [-0.1, -0.05) is 11.6 Å². The van der Waals surface area contributed by atoms with Crippen molar-refractivity contribution in [2.75, 3.05) is 0 Å². The summed E-state index contributed by atoms with van der Waals surface area (Å²) in [6.07, 6.45) is 3.08. The Morgan fingerprint density at radius 1 is 1.23 bits per heavy atom. The number of aliphatic hydroxyl groups excluding tert-OH is 1. The zero-order valence-corrected chi connectivity index (χ0v) is 17.6. The number of hydrogen-bond acceptors (Lipinski definition) is 3. The van der Waals surface area contributed by atoms with Crippen LogP contribution in [0.3, 0.4) is 0 Å². The molecule has 0 saturated heterocycles. The molecule has 0 spiro atoms. The van der Waals surface area contributed by atoms with Gasteiger partial charge in [0.05, 0.1) is 29.6 Å². The Morgan fingerprint density at radius 3 is 2.65 bits per heavy atom. The summed E-state index contributed by atoms with van der Waals surface area (Å²) in [4.78, 5) is 17.3. The van der Waals surface area contributed by atoms with Gasteiger partial charge < -0.3 is 10.4 Å². The van der Waals surface area contributed by atoms with E-state index in [0.29, 0.717) is 33.5 Å². The Labute approximate surface area is 183 Å². The fourth-order valence-electron chi connectivity index (χ4n) is 3.61. The predicted octanol–water partition coefficient (Wildman–Crippen LogP) is 5.36. The van der Waals surface area contributed by atoms with Gasteiger partial charge in [0.2, 0.25) is 0 Å². The van der Waals surface area contributed by atoms with Gasteiger partial charge >= 0.3 is 0 Å². The van der Waals surface area contributed by atoms with Crippen LogP contribution in [0.2, 0.25) is 5.02 Å². The number of rotatable bonds is 6. The molecule has 2 N–H and O–H groups in total. The average molecular weight is 443 g/mol. The first kappa shape index (κ1) is 21.4. The van der Waals surface area contributed by atoms with Crippen LogP contribution in [0.4, 0.5) is 8.78 Å². The highest BCUT2D eigenvalue weighted by molar-refractivity contribution is 6.33. The van der Waals surface area contributed by atoms with E-state index in [0.717, 1.165) is 12.8 Å². The molecular weight excluding hydrogens is 422 g/mol. The van der Waals surface area contributed by atoms with Crippen molar-refractivity contribution in [3.63, 3.8) is 0 Å². The number of hydrogen-bond donors (Lipinski definition) is 2. The van der Waals surface area contributed by atoms with Crippen LogP contribution in [0.25, 0.3) is 11.1 Å². The molecular formula is C24H21ClF2N2O2. The van der Waals surface area contributed by atoms with Crippen molar-refractivity contribution in [3.05, 3.63) is 87.7 Å². The zero-order chi connectivity index (χ0) is 22.1. The number of nitrogens with zero attached hydrogens (tertiary/aromatic N) is 1. The molecule has 0 bridgehead atoms. The number of amides is 1. The third-order valence-electron chi connectivity index (χ3n) is 5.45. The van der Waals surface area contributed by atoms with E-state index in [1.807, 2.05) is 0 Å². The Kier molecular flexibility index (Phi) is 6.03. The van der Waals surface area contributed by atoms with Crippen LogP contribution in [0.5, 0.6) is 0 Å². The number of benzene rings is 2. The van der Waals surface area contributed by atoms with Crippen LogP contribution in [-0.4, -0.2) is 16.0 Å². The lowest BCUT2D eigenvalue weighted by Crippen LogP contribution is -2.30. The molecule has 31 heavy (non-hydrogen) atoms. The lowest BCUT2D eigenvalue weighted by molar-refractivity contribution is 0.0930. The van der Waals surface area contributed by atoms with Crippen molar-refractivity contribution in [2.24, 2.45) is 5.92 Å². The maximum absolute atomic E-state index is 13.6. The van der Waals surface area contributed by atoms with E-state index in [1.165, 1.54) is 24.4 Å². The van der Waals surface area contributed by atoms with Gasteiger partial charge in [-0.25, -0.2) is 8.78 Å². The van der Waals surface area contributed by atoms with Crippen molar-refractivity contribution < 1.29 is 18.7 Å². The topological polar surface area (TPSA) is 62.2 Å². The Balaban J connectivity index is 1.66. The average Bonchev–Trinajstić information content (AvgIpc) is 3.58. The maximum atomic E-state index is 13.6. The molecule has 3 aromatic rings. The third-order valence-corrected chi connectivity index (χ3v) is 5.76. The lowest BCUT2D eigenvalue weighted by atomic mass is 9.98. The molecule has 1 amide bonds. The van der Waals surface area contributed by atoms with Gasteiger partial charge in [0, 0.05) is 11.1 Å². The molecule has 2 aromatic carbocycles. The highest BCUT2D eigenvalue weighted by Gasteiger charge is 2.35. The molecule has 1 aromatic heterocycles. The van der Waals surface area contributed by atoms with Gasteiger partial charge in [0.1, 0.15) is 11.6 Å². The van der Waals surface area contributed by atoms with Gasteiger partial charge in [0.25, 0.3) is 5.91 Å². The predicted molar refractivity (Wildman–Crippen MR) is 115 cm³/mol. The lowest BCUT2D eigenvalue weighted by Gasteiger charge is -2.19. The molecule has 7 heteroatoms. The fourth-order valence-corrected chi connectivity index (χ4v) is 3.89. The van der Waals surface area contributed by atoms with E-state index in [4.69, 9.17) is 11.6 Å². The summed E-state index contributed by atoms with van der Waals surface area (Å²) in [5.41, 5.74) is 3.12. The summed E-state index contributed by atoms with van der Waals surface area (Å²) >= 11 is 6.19. The number of carbonyl (C=O) groups excluding carboxylic acids is 1. The summed E-state index contributed by atoms with van der Waals surface area (Å²) in [5, 5.41) is 12.9. The minimum absolute atomic E-state index is 0.211. The summed E-state index contributed by atoms with van der Waals surface area (Å²) in [6, 6.07) is 10.3. The van der Waals surface area contributed by atoms with Gasteiger partial charge in [-0.3, -0.25) is 9.78 Å². The largest absolute Gasteiger partial charge is 0.392 e. The standard InChI is InChI=1S/C24H21ClF2N2O2/c1-13-6-22(28-11-21(13)27)23(15-2-3-15)29-24(31)17-8-14(12-30)7-16(9-17)19-5-4-18(26)10-20(19)25/h4-11,15,23,30H,2-3,12H2,1H3,(H,29,31)/t23-/m0/s1. The minimum atomic E-state index is -0.459. The van der Waals surface area contributed by atoms with Crippen molar-refractivity contribution in [1.82, 2.24) is 10.3 Å². The van der Waals surface area contributed by atoms with Crippen LogP contribution < -0.4 is 5.32 Å². The molecule has 1 fully saturated rings. The van der Waals surface area contributed by atoms with Crippen molar-refractivity contribution >= 4 is 17.5 Å². The summed E-state index contributed by atoms with van der Waals surface area (Å²) < 4.78 is 27.1. The molecule has 1 atom stereocenters. The van der Waals surface area contributed by atoms with E-state index in [9.17, 15) is 18.7 Å². The first-order valence-electron chi connectivity index (χ1n) is 9.99. The number of carbonyl (C=O) groups is 1. The smallest absolute Gasteiger partial charge is 0.251 e. The molecule has 4 nitrogen and oxygen atoms in total. The van der Waals surface area contributed by atoms with Crippen LogP contribution in [-0.2, 0) is 6.61 Å². The molecule has 0 unspecified atom stereocenters. The number of aryl methyl sites for hydroxylation is 1. The van der Waals surface area contributed by atoms with E-state index in [1.54, 1.807) is 31.2 Å². The minimum Gasteiger partial charge on any atom is -0.392 e. The van der Waals surface area contributed by atoms with Crippen molar-refractivity contribution in [2.45, 2.75) is 32.4 Å². The van der Waals surface area contributed by atoms with E-state index >= 15 is 0 Å². The normalized spacial score (nSPS) is 14.4. The van der Waals surface area contributed by atoms with E-state index < -0.39 is 5.82 Å². The second-order valence-electron chi connectivity index (χ2n) is 7.85. The Bertz CT molecular complexity index is 1150. The second-order valence-corrected chi connectivity index (χ2v) is 8.26. The quantitative estimate of drug-likeness (QED) is 0.540. The fraction of sp³-hybridized carbons (Fsp3) is 0.250. The number of halogens is 3. The van der Waals surface area contributed by atoms with E-state index in [-0.39, 0.29) is 35.3 Å². The van der Waals surface area contributed by atoms with Gasteiger partial charge in [-0.05, 0) is 84.8 Å². The second kappa shape index (κ2) is 8.73. The van der Waals surface area contributed by atoms with Gasteiger partial charge in [-0.2, -0.15) is 0 Å². The molecule has 0 aliphatic heterocycles. The first-order chi connectivity index (χ1) is 14.9. The van der Waals surface area contributed by atoms with Crippen LogP contribution in [0.1, 0.15) is 46.1 Å². The Hall–Kier alpha value is -2.83. The monoisotopic (exact) mass is 442 g/mol. The molecule has 1 aliphatic carbocycles. The maximum Gasteiger partial charge on any atom is 0.251 e. The molecule has 4 rings (SSSR count). The first-order valence-corrected chi connectivity index (χ1v) is 10.4. The molecule has 1 heterocycles. The summed E-state index contributed by atoms with van der Waals surface area (Å²) in [5.74, 6) is -0.940. The van der Waals surface area contributed by atoms with Gasteiger partial charge in [-0.15, -0.1) is 0 Å². The molecule has 0 radical (unpaired) electrons. The van der Waals surface area contributed by atoms with Crippen molar-refractivity contribution in [3.8, 4) is 11.1 Å². The molecule has 160 valence electrons. The highest BCUT2D eigenvalue weighted by atomic mass is 35.5. The molecule has 1 saturated carbocycles. The number of aromatic nitrogens is 1. The number of nitrogens with one attached hydrogen (secondary N) is 1. The van der Waals surface area contributed by atoms with E-state index in [2.05, 4.69) is 10.3 Å². The van der Waals surface area contributed by atoms with Crippen LogP contribution in [0.15, 0.2) is 48.7 Å². The summed E-state index contributed by atoms with van der Waals surface area (Å²) in [6.45, 7) is 1.40. The number of aliphatic hydroxyl groups is 1. The highest BCUT2D eigenvalue weighted by Crippen LogP contribution is 2.41. The third kappa shape index (κ3) is 4.75. The van der Waals surface area contributed by atoms with Gasteiger partial charge in [0.15, 0.2) is 0 Å². The SMILES string of the molecule is Cc1cc([C@@H](NC(=O)c2cc(CO)cc(-c3ccc(F)cc3Cl)c2)C2CC2)ncc1F. The van der Waals surface area contributed by atoms with Crippen LogP contribution >= 0.6 is 11.6 Å². The number of pyridine rings is 1. The molecule has 1 aliphatic rings.